The standard InChI is InChI=1S/C22H26N6/c1-13(2)12-28-21-17(25-22(28)23)11-10-16(24-21)19-18(15-8-6-5-7-9-15)26-20(27-19)14(3)4/h5-11,13-14H,12H2,1-4H3,(H2,23,25)(H,26,27). The van der Waals surface area contributed by atoms with Crippen molar-refractivity contribution in [1.82, 2.24) is 24.5 Å². The highest BCUT2D eigenvalue weighted by molar-refractivity contribution is 5.82. The second kappa shape index (κ2) is 7.11. The van der Waals surface area contributed by atoms with Crippen LogP contribution in [0.4, 0.5) is 5.95 Å². The number of nitrogens with two attached hydrogens (primary N) is 1. The third kappa shape index (κ3) is 3.26. The summed E-state index contributed by atoms with van der Waals surface area (Å²) < 4.78 is 1.99. The highest BCUT2D eigenvalue weighted by atomic mass is 15.2. The summed E-state index contributed by atoms with van der Waals surface area (Å²) in [6, 6.07) is 14.2. The molecule has 0 atom stereocenters. The van der Waals surface area contributed by atoms with Gasteiger partial charge in [-0.05, 0) is 18.1 Å². The van der Waals surface area contributed by atoms with Crippen LogP contribution in [0.25, 0.3) is 33.8 Å². The van der Waals surface area contributed by atoms with Gasteiger partial charge in [0.1, 0.15) is 11.3 Å². The van der Waals surface area contributed by atoms with Crippen LogP contribution in [0.5, 0.6) is 0 Å². The molecule has 3 heterocycles. The van der Waals surface area contributed by atoms with Crippen molar-refractivity contribution in [1.29, 1.82) is 0 Å². The summed E-state index contributed by atoms with van der Waals surface area (Å²) in [5.41, 5.74) is 11.5. The van der Waals surface area contributed by atoms with Gasteiger partial charge in [-0.1, -0.05) is 58.0 Å². The summed E-state index contributed by atoms with van der Waals surface area (Å²) in [6.45, 7) is 9.36. The average Bonchev–Trinajstić information content (AvgIpc) is 3.24. The predicted octanol–water partition coefficient (Wildman–Crippen LogP) is 4.85. The molecule has 0 aliphatic carbocycles. The van der Waals surface area contributed by atoms with Gasteiger partial charge < -0.3 is 10.7 Å². The van der Waals surface area contributed by atoms with Crippen LogP contribution in [0, 0.1) is 5.92 Å². The number of nitrogens with one attached hydrogen (secondary N) is 1. The molecule has 28 heavy (non-hydrogen) atoms. The van der Waals surface area contributed by atoms with E-state index in [1.165, 1.54) is 0 Å². The van der Waals surface area contributed by atoms with Gasteiger partial charge in [0.2, 0.25) is 5.95 Å². The van der Waals surface area contributed by atoms with E-state index in [4.69, 9.17) is 15.7 Å². The normalized spacial score (nSPS) is 11.8. The highest BCUT2D eigenvalue weighted by Gasteiger charge is 2.19. The number of aromatic nitrogens is 5. The largest absolute Gasteiger partial charge is 0.369 e. The number of aromatic amines is 1. The Bertz CT molecular complexity index is 1100. The van der Waals surface area contributed by atoms with Crippen molar-refractivity contribution < 1.29 is 0 Å². The Morgan fingerprint density at radius 2 is 1.71 bits per heavy atom. The zero-order chi connectivity index (χ0) is 19.8. The minimum absolute atomic E-state index is 0.294. The molecular formula is C22H26N6. The van der Waals surface area contributed by atoms with E-state index in [1.807, 2.05) is 34.9 Å². The molecule has 3 N–H and O–H groups in total. The number of hydrogen-bond acceptors (Lipinski definition) is 4. The van der Waals surface area contributed by atoms with Crippen molar-refractivity contribution in [2.75, 3.05) is 5.73 Å². The molecule has 0 bridgehead atoms. The lowest BCUT2D eigenvalue weighted by Crippen LogP contribution is -2.08. The number of hydrogen-bond donors (Lipinski definition) is 2. The lowest BCUT2D eigenvalue weighted by molar-refractivity contribution is 0.535. The van der Waals surface area contributed by atoms with Crippen LogP contribution in [0.1, 0.15) is 39.4 Å². The Balaban J connectivity index is 1.90. The number of anilines is 1. The van der Waals surface area contributed by atoms with Gasteiger partial charge in [-0.2, -0.15) is 0 Å². The molecule has 6 nitrogen and oxygen atoms in total. The minimum Gasteiger partial charge on any atom is -0.369 e. The number of nitrogen functional groups attached to an aromatic ring is 1. The monoisotopic (exact) mass is 374 g/mol. The first-order chi connectivity index (χ1) is 13.4. The van der Waals surface area contributed by atoms with E-state index in [-0.39, 0.29) is 0 Å². The molecule has 0 radical (unpaired) electrons. The third-order valence-corrected chi connectivity index (χ3v) is 4.74. The zero-order valence-electron chi connectivity index (χ0n) is 16.8. The van der Waals surface area contributed by atoms with E-state index >= 15 is 0 Å². The van der Waals surface area contributed by atoms with E-state index < -0.39 is 0 Å². The van der Waals surface area contributed by atoms with Crippen LogP contribution in [0.3, 0.4) is 0 Å². The molecule has 3 aromatic heterocycles. The van der Waals surface area contributed by atoms with E-state index in [9.17, 15) is 0 Å². The average molecular weight is 374 g/mol. The van der Waals surface area contributed by atoms with Crippen molar-refractivity contribution in [3.05, 3.63) is 48.3 Å². The SMILES string of the molecule is CC(C)Cn1c(N)nc2ccc(-c3[nH]c(C(C)C)nc3-c3ccccc3)nc21. The summed E-state index contributed by atoms with van der Waals surface area (Å²) in [5.74, 6) is 2.20. The Labute approximate surface area is 164 Å². The van der Waals surface area contributed by atoms with Crippen molar-refractivity contribution in [2.45, 2.75) is 40.2 Å². The van der Waals surface area contributed by atoms with Gasteiger partial charge in [0.15, 0.2) is 5.65 Å². The van der Waals surface area contributed by atoms with E-state index in [2.05, 4.69) is 49.8 Å². The Morgan fingerprint density at radius 1 is 0.964 bits per heavy atom. The Hall–Kier alpha value is -3.15. The van der Waals surface area contributed by atoms with Gasteiger partial charge in [0.25, 0.3) is 0 Å². The first-order valence-corrected chi connectivity index (χ1v) is 9.72. The van der Waals surface area contributed by atoms with Crippen LogP contribution in [-0.2, 0) is 6.54 Å². The van der Waals surface area contributed by atoms with Gasteiger partial charge in [-0.3, -0.25) is 4.57 Å². The van der Waals surface area contributed by atoms with E-state index in [1.54, 1.807) is 0 Å². The number of fused-ring (bicyclic) bond motifs is 1. The van der Waals surface area contributed by atoms with Crippen molar-refractivity contribution >= 4 is 17.1 Å². The molecule has 0 saturated heterocycles. The molecule has 4 aromatic rings. The van der Waals surface area contributed by atoms with Gasteiger partial charge in [0, 0.05) is 18.0 Å². The van der Waals surface area contributed by atoms with E-state index in [0.717, 1.165) is 46.2 Å². The smallest absolute Gasteiger partial charge is 0.202 e. The lowest BCUT2D eigenvalue weighted by Gasteiger charge is -2.09. The number of benzene rings is 1. The van der Waals surface area contributed by atoms with Crippen LogP contribution in [0.2, 0.25) is 0 Å². The maximum Gasteiger partial charge on any atom is 0.202 e. The summed E-state index contributed by atoms with van der Waals surface area (Å²) >= 11 is 0. The first kappa shape index (κ1) is 18.2. The van der Waals surface area contributed by atoms with E-state index in [0.29, 0.717) is 17.8 Å². The fraction of sp³-hybridized carbons (Fsp3) is 0.318. The summed E-state index contributed by atoms with van der Waals surface area (Å²) in [5, 5.41) is 0. The second-order valence-corrected chi connectivity index (χ2v) is 7.88. The van der Waals surface area contributed by atoms with Crippen LogP contribution < -0.4 is 5.73 Å². The fourth-order valence-electron chi connectivity index (χ4n) is 3.36. The Morgan fingerprint density at radius 3 is 2.39 bits per heavy atom. The van der Waals surface area contributed by atoms with Gasteiger partial charge >= 0.3 is 0 Å². The fourth-order valence-corrected chi connectivity index (χ4v) is 3.36. The second-order valence-electron chi connectivity index (χ2n) is 7.88. The molecule has 4 rings (SSSR count). The van der Waals surface area contributed by atoms with Gasteiger partial charge in [-0.15, -0.1) is 0 Å². The topological polar surface area (TPSA) is 85.4 Å². The van der Waals surface area contributed by atoms with Crippen LogP contribution in [-0.4, -0.2) is 24.5 Å². The Kier molecular flexibility index (Phi) is 4.63. The van der Waals surface area contributed by atoms with Gasteiger partial charge in [0.05, 0.1) is 17.1 Å². The maximum atomic E-state index is 6.15. The molecule has 0 fully saturated rings. The number of imidazole rings is 2. The molecule has 144 valence electrons. The number of nitrogens with zero attached hydrogens (tertiary/aromatic N) is 4. The number of H-pyrrole nitrogens is 1. The number of pyridine rings is 1. The molecule has 6 heteroatoms. The molecule has 1 aromatic carbocycles. The van der Waals surface area contributed by atoms with Crippen molar-refractivity contribution in [3.63, 3.8) is 0 Å². The zero-order valence-corrected chi connectivity index (χ0v) is 16.8. The molecule has 0 aliphatic rings. The maximum absolute atomic E-state index is 6.15. The molecular weight excluding hydrogens is 348 g/mol. The van der Waals surface area contributed by atoms with Crippen LogP contribution in [0.15, 0.2) is 42.5 Å². The molecule has 0 saturated carbocycles. The highest BCUT2D eigenvalue weighted by Crippen LogP contribution is 2.32. The molecule has 0 aliphatic heterocycles. The van der Waals surface area contributed by atoms with Gasteiger partial charge in [-0.25, -0.2) is 15.0 Å². The molecule has 0 unspecified atom stereocenters. The first-order valence-electron chi connectivity index (χ1n) is 9.72. The predicted molar refractivity (Wildman–Crippen MR) is 114 cm³/mol. The molecule has 0 amide bonds. The summed E-state index contributed by atoms with van der Waals surface area (Å²) in [7, 11) is 0. The summed E-state index contributed by atoms with van der Waals surface area (Å²) in [6.07, 6.45) is 0. The van der Waals surface area contributed by atoms with Crippen molar-refractivity contribution in [2.24, 2.45) is 5.92 Å². The minimum atomic E-state index is 0.294. The lowest BCUT2D eigenvalue weighted by atomic mass is 10.1. The van der Waals surface area contributed by atoms with Crippen molar-refractivity contribution in [3.8, 4) is 22.6 Å². The van der Waals surface area contributed by atoms with Crippen LogP contribution >= 0.6 is 0 Å². The number of rotatable bonds is 5. The molecule has 0 spiro atoms. The quantitative estimate of drug-likeness (QED) is 0.523. The summed E-state index contributed by atoms with van der Waals surface area (Å²) in [4.78, 5) is 17.8. The third-order valence-electron chi connectivity index (χ3n) is 4.74.